The van der Waals surface area contributed by atoms with Gasteiger partial charge in [0.2, 0.25) is 0 Å². The van der Waals surface area contributed by atoms with E-state index in [2.05, 4.69) is 19.1 Å². The molecule has 0 bridgehead atoms. The van der Waals surface area contributed by atoms with Gasteiger partial charge in [-0.1, -0.05) is 13.3 Å². The Labute approximate surface area is 115 Å². The molecule has 0 aromatic heterocycles. The largest absolute Gasteiger partial charge is 0.449 e. The molecule has 100 valence electrons. The van der Waals surface area contributed by atoms with Crippen LogP contribution in [0.5, 0.6) is 11.5 Å². The van der Waals surface area contributed by atoms with E-state index in [1.54, 1.807) is 11.1 Å². The molecule has 0 spiro atoms. The Hall–Kier alpha value is -0.980. The number of benzene rings is 1. The average Bonchev–Trinajstić information content (AvgIpc) is 3.05. The van der Waals surface area contributed by atoms with Crippen LogP contribution in [0.15, 0.2) is 12.1 Å². The minimum absolute atomic E-state index is 0.679. The van der Waals surface area contributed by atoms with Gasteiger partial charge in [0.05, 0.1) is 0 Å². The van der Waals surface area contributed by atoms with Crippen molar-refractivity contribution in [2.45, 2.75) is 57.8 Å². The van der Waals surface area contributed by atoms with Crippen molar-refractivity contribution in [3.05, 3.63) is 23.3 Å². The normalized spacial score (nSPS) is 41.6. The van der Waals surface area contributed by atoms with Crippen LogP contribution in [-0.4, -0.2) is 0 Å². The third-order valence-corrected chi connectivity index (χ3v) is 6.75. The van der Waals surface area contributed by atoms with Gasteiger partial charge in [-0.25, -0.2) is 0 Å². The van der Waals surface area contributed by atoms with Crippen molar-refractivity contribution in [1.29, 1.82) is 0 Å². The van der Waals surface area contributed by atoms with E-state index in [9.17, 15) is 0 Å². The molecule has 1 aromatic rings. The fourth-order valence-corrected chi connectivity index (χ4v) is 5.72. The first-order valence-corrected chi connectivity index (χ1v) is 8.09. The van der Waals surface area contributed by atoms with Crippen LogP contribution in [0.2, 0.25) is 0 Å². The Kier molecular flexibility index (Phi) is 1.91. The summed E-state index contributed by atoms with van der Waals surface area (Å²) in [5, 5.41) is 0. The Morgan fingerprint density at radius 3 is 2.95 bits per heavy atom. The zero-order valence-corrected chi connectivity index (χ0v) is 11.7. The fraction of sp³-hybridized carbons (Fsp3) is 0.667. The van der Waals surface area contributed by atoms with E-state index in [4.69, 9.17) is 4.74 Å². The highest BCUT2D eigenvalue weighted by Gasteiger charge is 2.50. The maximum atomic E-state index is 5.54. The molecular weight excluding hydrogens is 232 g/mol. The van der Waals surface area contributed by atoms with E-state index in [1.807, 2.05) is 0 Å². The molecule has 1 heterocycles. The second kappa shape index (κ2) is 3.37. The zero-order chi connectivity index (χ0) is 12.6. The smallest absolute Gasteiger partial charge is 0.170 e. The molecule has 0 saturated heterocycles. The Morgan fingerprint density at radius 1 is 1.11 bits per heavy atom. The maximum Gasteiger partial charge on any atom is 0.170 e. The van der Waals surface area contributed by atoms with Crippen LogP contribution in [0, 0.1) is 17.3 Å². The average molecular weight is 254 g/mol. The summed E-state index contributed by atoms with van der Waals surface area (Å²) in [6, 6.07) is 4.70. The molecule has 1 heteroatoms. The van der Waals surface area contributed by atoms with Gasteiger partial charge >= 0.3 is 0 Å². The molecule has 3 aliphatic carbocycles. The van der Waals surface area contributed by atoms with Crippen molar-refractivity contribution in [3.8, 4) is 11.5 Å². The van der Waals surface area contributed by atoms with Gasteiger partial charge in [0.1, 0.15) is 0 Å². The summed E-state index contributed by atoms with van der Waals surface area (Å²) in [6.45, 7) is 2.58. The molecule has 1 aromatic carbocycles. The van der Waals surface area contributed by atoms with Crippen LogP contribution in [0.25, 0.3) is 0 Å². The molecule has 5 rings (SSSR count). The van der Waals surface area contributed by atoms with E-state index in [0.29, 0.717) is 5.41 Å². The molecule has 1 nitrogen and oxygen atoms in total. The van der Waals surface area contributed by atoms with Crippen LogP contribution < -0.4 is 4.74 Å². The highest BCUT2D eigenvalue weighted by molar-refractivity contribution is 5.59. The summed E-state index contributed by atoms with van der Waals surface area (Å²) >= 11 is 0. The van der Waals surface area contributed by atoms with Crippen LogP contribution in [-0.2, 0) is 6.42 Å². The number of hydrogen-bond acceptors (Lipinski definition) is 1. The van der Waals surface area contributed by atoms with E-state index in [0.717, 1.165) is 23.5 Å². The van der Waals surface area contributed by atoms with Crippen LogP contribution in [0.3, 0.4) is 0 Å². The van der Waals surface area contributed by atoms with Crippen molar-refractivity contribution in [2.75, 3.05) is 0 Å². The lowest BCUT2D eigenvalue weighted by atomic mass is 9.56. The third-order valence-electron chi connectivity index (χ3n) is 6.75. The van der Waals surface area contributed by atoms with Gasteiger partial charge in [-0.3, -0.25) is 0 Å². The quantitative estimate of drug-likeness (QED) is 0.600. The maximum absolute atomic E-state index is 5.54. The molecule has 19 heavy (non-hydrogen) atoms. The molecule has 2 fully saturated rings. The monoisotopic (exact) mass is 254 g/mol. The molecule has 4 aliphatic rings. The summed E-state index contributed by atoms with van der Waals surface area (Å²) in [5.74, 6) is 5.13. The molecule has 0 unspecified atom stereocenters. The van der Waals surface area contributed by atoms with Crippen molar-refractivity contribution >= 4 is 0 Å². The molecule has 0 amide bonds. The van der Waals surface area contributed by atoms with Crippen LogP contribution in [0.1, 0.15) is 62.5 Å². The third kappa shape index (κ3) is 1.37. The number of rotatable bonds is 0. The summed E-state index contributed by atoms with van der Waals surface area (Å²) in [5.41, 5.74) is 3.93. The van der Waals surface area contributed by atoms with E-state index in [-0.39, 0.29) is 0 Å². The van der Waals surface area contributed by atoms with Crippen molar-refractivity contribution in [3.63, 3.8) is 0 Å². The van der Waals surface area contributed by atoms with Crippen molar-refractivity contribution in [2.24, 2.45) is 17.3 Å². The number of hydrogen-bond donors (Lipinski definition) is 0. The first-order chi connectivity index (χ1) is 9.24. The molecule has 4 atom stereocenters. The summed E-state index contributed by atoms with van der Waals surface area (Å²) in [6.07, 6.45) is 10.1. The summed E-state index contributed by atoms with van der Waals surface area (Å²) < 4.78 is 5.54. The first-order valence-electron chi connectivity index (χ1n) is 8.09. The van der Waals surface area contributed by atoms with Crippen LogP contribution in [0.4, 0.5) is 0 Å². The van der Waals surface area contributed by atoms with Gasteiger partial charge in [-0.2, -0.15) is 0 Å². The Balaban J connectivity index is 1.57. The zero-order valence-electron chi connectivity index (χ0n) is 11.7. The Bertz CT molecular complexity index is 561. The standard InChI is InChI=1S/C18H22O/c1-18-7-2-3-15(18)13-5-4-11-9-16-17(19-16)10-14(11)12(13)6-8-18/h9-10,12-13,15H,2-8H2,1H3/t12-,13+,15-,18-/m0/s1. The van der Waals surface area contributed by atoms with Crippen molar-refractivity contribution < 1.29 is 4.74 Å². The molecule has 1 aliphatic heterocycles. The van der Waals surface area contributed by atoms with Gasteiger partial charge in [0, 0.05) is 0 Å². The van der Waals surface area contributed by atoms with Gasteiger partial charge < -0.3 is 4.74 Å². The van der Waals surface area contributed by atoms with Gasteiger partial charge in [-0.05, 0) is 85.0 Å². The van der Waals surface area contributed by atoms with Crippen LogP contribution >= 0.6 is 0 Å². The van der Waals surface area contributed by atoms with Gasteiger partial charge in [-0.15, -0.1) is 0 Å². The van der Waals surface area contributed by atoms with E-state index < -0.39 is 0 Å². The number of ether oxygens (including phenoxy) is 1. The highest BCUT2D eigenvalue weighted by Crippen LogP contribution is 2.62. The second-order valence-corrected chi connectivity index (χ2v) is 7.60. The predicted octanol–water partition coefficient (Wildman–Crippen LogP) is 5.04. The number of fused-ring (bicyclic) bond motifs is 6. The lowest BCUT2D eigenvalue weighted by Gasteiger charge is -2.49. The topological polar surface area (TPSA) is 12.5 Å². The SMILES string of the molecule is C[C@@]12CCC[C@H]1[C@@H]1CCc3cc4c(cc3[C@H]1CC2)O4. The van der Waals surface area contributed by atoms with Gasteiger partial charge in [0.25, 0.3) is 0 Å². The van der Waals surface area contributed by atoms with Gasteiger partial charge in [0.15, 0.2) is 11.5 Å². The molecule has 0 radical (unpaired) electrons. The minimum atomic E-state index is 0.679. The van der Waals surface area contributed by atoms with E-state index in [1.165, 1.54) is 50.7 Å². The molecular formula is C18H22O. The van der Waals surface area contributed by atoms with E-state index >= 15 is 0 Å². The molecule has 2 saturated carbocycles. The highest BCUT2D eigenvalue weighted by atomic mass is 16.6. The second-order valence-electron chi connectivity index (χ2n) is 7.60. The first kappa shape index (κ1) is 10.8. The molecule has 0 N–H and O–H groups in total. The fourth-order valence-electron chi connectivity index (χ4n) is 5.72. The Morgan fingerprint density at radius 2 is 2.00 bits per heavy atom. The predicted molar refractivity (Wildman–Crippen MR) is 75.8 cm³/mol. The lowest BCUT2D eigenvalue weighted by molar-refractivity contribution is 0.0599. The number of aryl methyl sites for hydroxylation is 1. The lowest BCUT2D eigenvalue weighted by Crippen LogP contribution is -2.39. The minimum Gasteiger partial charge on any atom is -0.449 e. The summed E-state index contributed by atoms with van der Waals surface area (Å²) in [4.78, 5) is 0. The summed E-state index contributed by atoms with van der Waals surface area (Å²) in [7, 11) is 0. The van der Waals surface area contributed by atoms with Crippen molar-refractivity contribution in [1.82, 2.24) is 0 Å².